The first-order valence-corrected chi connectivity index (χ1v) is 7.65. The van der Waals surface area contributed by atoms with E-state index in [1.165, 1.54) is 11.1 Å². The van der Waals surface area contributed by atoms with E-state index in [9.17, 15) is 0 Å². The summed E-state index contributed by atoms with van der Waals surface area (Å²) in [4.78, 5) is 0. The van der Waals surface area contributed by atoms with Gasteiger partial charge in [0.1, 0.15) is 0 Å². The highest BCUT2D eigenvalue weighted by atomic mass is 16.5. The van der Waals surface area contributed by atoms with Gasteiger partial charge in [-0.25, -0.2) is 0 Å². The molecule has 0 fully saturated rings. The highest BCUT2D eigenvalue weighted by Crippen LogP contribution is 2.20. The van der Waals surface area contributed by atoms with Crippen molar-refractivity contribution < 1.29 is 9.47 Å². The van der Waals surface area contributed by atoms with Crippen molar-refractivity contribution in [2.75, 3.05) is 26.9 Å². The molecule has 0 amide bonds. The van der Waals surface area contributed by atoms with Gasteiger partial charge in [-0.2, -0.15) is 0 Å². The van der Waals surface area contributed by atoms with Crippen LogP contribution in [0, 0.1) is 0 Å². The van der Waals surface area contributed by atoms with Gasteiger partial charge in [0, 0.05) is 20.3 Å². The fraction of sp³-hybridized carbons (Fsp3) is 0.647. The molecule has 0 aliphatic carbocycles. The van der Waals surface area contributed by atoms with Gasteiger partial charge in [-0.15, -0.1) is 0 Å². The molecule has 0 saturated carbocycles. The van der Waals surface area contributed by atoms with Gasteiger partial charge in [-0.3, -0.25) is 0 Å². The van der Waals surface area contributed by atoms with Crippen LogP contribution < -0.4 is 5.32 Å². The Kier molecular flexibility index (Phi) is 8.51. The molecule has 20 heavy (non-hydrogen) atoms. The molecule has 0 radical (unpaired) electrons. The first-order chi connectivity index (χ1) is 9.72. The summed E-state index contributed by atoms with van der Waals surface area (Å²) >= 11 is 0. The maximum atomic E-state index is 5.93. The summed E-state index contributed by atoms with van der Waals surface area (Å²) in [5.41, 5.74) is 2.67. The van der Waals surface area contributed by atoms with Crippen molar-refractivity contribution >= 4 is 0 Å². The van der Waals surface area contributed by atoms with Crippen LogP contribution in [0.1, 0.15) is 44.4 Å². The number of methoxy groups -OCH3 is 1. The number of aryl methyl sites for hydroxylation is 1. The van der Waals surface area contributed by atoms with Crippen LogP contribution in [0.15, 0.2) is 24.3 Å². The summed E-state index contributed by atoms with van der Waals surface area (Å²) in [7, 11) is 1.72. The van der Waals surface area contributed by atoms with Gasteiger partial charge in [0.15, 0.2) is 0 Å². The van der Waals surface area contributed by atoms with Gasteiger partial charge in [-0.05, 0) is 37.4 Å². The molecule has 2 unspecified atom stereocenters. The number of hydrogen-bond donors (Lipinski definition) is 1. The topological polar surface area (TPSA) is 30.5 Å². The predicted octanol–water partition coefficient (Wildman–Crippen LogP) is 3.34. The third-order valence-corrected chi connectivity index (χ3v) is 3.51. The van der Waals surface area contributed by atoms with E-state index < -0.39 is 0 Å². The maximum Gasteiger partial charge on any atom is 0.0741 e. The molecule has 2 atom stereocenters. The first-order valence-electron chi connectivity index (χ1n) is 7.65. The zero-order chi connectivity index (χ0) is 14.8. The third-order valence-electron chi connectivity index (χ3n) is 3.51. The Balaban J connectivity index is 2.61. The maximum absolute atomic E-state index is 5.93. The molecule has 1 aromatic carbocycles. The van der Waals surface area contributed by atoms with Crippen molar-refractivity contribution in [3.05, 3.63) is 35.4 Å². The zero-order valence-electron chi connectivity index (χ0n) is 13.3. The van der Waals surface area contributed by atoms with E-state index in [1.807, 2.05) is 0 Å². The summed E-state index contributed by atoms with van der Waals surface area (Å²) in [6.45, 7) is 8.87. The van der Waals surface area contributed by atoms with Crippen molar-refractivity contribution in [1.29, 1.82) is 0 Å². The van der Waals surface area contributed by atoms with Gasteiger partial charge in [-0.1, -0.05) is 38.1 Å². The lowest BCUT2D eigenvalue weighted by atomic mass is 10.00. The number of nitrogens with one attached hydrogen (secondary N) is 1. The van der Waals surface area contributed by atoms with Gasteiger partial charge < -0.3 is 14.8 Å². The molecular formula is C17H29NO2. The molecule has 0 heterocycles. The molecule has 3 nitrogen and oxygen atoms in total. The molecule has 0 saturated heterocycles. The summed E-state index contributed by atoms with van der Waals surface area (Å²) in [5.74, 6) is 0. The van der Waals surface area contributed by atoms with Crippen molar-refractivity contribution in [2.45, 2.75) is 45.8 Å². The van der Waals surface area contributed by atoms with Crippen molar-refractivity contribution in [2.24, 2.45) is 0 Å². The fourth-order valence-electron chi connectivity index (χ4n) is 2.30. The van der Waals surface area contributed by atoms with Crippen LogP contribution in [0.2, 0.25) is 0 Å². The Labute approximate surface area is 123 Å². The average Bonchev–Trinajstić information content (AvgIpc) is 2.49. The number of hydrogen-bond acceptors (Lipinski definition) is 3. The molecular weight excluding hydrogens is 250 g/mol. The molecule has 1 N–H and O–H groups in total. The van der Waals surface area contributed by atoms with Crippen LogP contribution in [-0.2, 0) is 15.9 Å². The van der Waals surface area contributed by atoms with Gasteiger partial charge in [0.05, 0.1) is 12.1 Å². The molecule has 0 aromatic heterocycles. The smallest absolute Gasteiger partial charge is 0.0741 e. The molecule has 0 aliphatic rings. The van der Waals surface area contributed by atoms with E-state index in [2.05, 4.69) is 50.4 Å². The normalized spacial score (nSPS) is 14.2. The average molecular weight is 279 g/mol. The Morgan fingerprint density at radius 2 is 1.80 bits per heavy atom. The van der Waals surface area contributed by atoms with Crippen LogP contribution in [0.3, 0.4) is 0 Å². The van der Waals surface area contributed by atoms with Crippen LogP contribution in [-0.4, -0.2) is 33.0 Å². The summed E-state index contributed by atoms with van der Waals surface area (Å²) < 4.78 is 11.0. The van der Waals surface area contributed by atoms with Crippen LogP contribution in [0.4, 0.5) is 0 Å². The van der Waals surface area contributed by atoms with E-state index in [0.717, 1.165) is 32.6 Å². The van der Waals surface area contributed by atoms with Crippen molar-refractivity contribution in [1.82, 2.24) is 5.32 Å². The molecule has 1 rings (SSSR count). The molecule has 114 valence electrons. The van der Waals surface area contributed by atoms with Crippen molar-refractivity contribution in [3.8, 4) is 0 Å². The number of ether oxygens (including phenoxy) is 2. The van der Waals surface area contributed by atoms with Gasteiger partial charge in [0.2, 0.25) is 0 Å². The van der Waals surface area contributed by atoms with Crippen LogP contribution >= 0.6 is 0 Å². The lowest BCUT2D eigenvalue weighted by molar-refractivity contribution is 0.0273. The zero-order valence-corrected chi connectivity index (χ0v) is 13.3. The van der Waals surface area contributed by atoms with Crippen molar-refractivity contribution in [3.63, 3.8) is 0 Å². The molecule has 1 aromatic rings. The summed E-state index contributed by atoms with van der Waals surface area (Å²) in [5, 5.41) is 3.52. The minimum atomic E-state index is 0.152. The lowest BCUT2D eigenvalue weighted by Gasteiger charge is -2.25. The molecule has 0 spiro atoms. The minimum Gasteiger partial charge on any atom is -0.385 e. The minimum absolute atomic E-state index is 0.152. The predicted molar refractivity (Wildman–Crippen MR) is 84.1 cm³/mol. The summed E-state index contributed by atoms with van der Waals surface area (Å²) in [6, 6.07) is 9.07. The standard InChI is InChI=1S/C17H29NO2/c1-5-15-8-10-16(11-9-15)17(18-6-2)14(3)20-13-7-12-19-4/h8-11,14,17-18H,5-7,12-13H2,1-4H3. The highest BCUT2D eigenvalue weighted by Gasteiger charge is 2.18. The van der Waals surface area contributed by atoms with Crippen LogP contribution in [0.5, 0.6) is 0 Å². The Hall–Kier alpha value is -0.900. The largest absolute Gasteiger partial charge is 0.385 e. The Bertz CT molecular complexity index is 351. The third kappa shape index (κ3) is 5.61. The number of benzene rings is 1. The lowest BCUT2D eigenvalue weighted by Crippen LogP contribution is -2.32. The Morgan fingerprint density at radius 3 is 2.35 bits per heavy atom. The summed E-state index contributed by atoms with van der Waals surface area (Å²) in [6.07, 6.45) is 2.17. The van der Waals surface area contributed by atoms with Gasteiger partial charge >= 0.3 is 0 Å². The number of rotatable bonds is 10. The first kappa shape index (κ1) is 17.2. The molecule has 0 bridgehead atoms. The van der Waals surface area contributed by atoms with Crippen LogP contribution in [0.25, 0.3) is 0 Å². The quantitative estimate of drug-likeness (QED) is 0.666. The SMILES string of the molecule is CCNC(c1ccc(CC)cc1)C(C)OCCCOC. The second-order valence-corrected chi connectivity index (χ2v) is 5.05. The van der Waals surface area contributed by atoms with E-state index in [1.54, 1.807) is 7.11 Å². The second-order valence-electron chi connectivity index (χ2n) is 5.05. The highest BCUT2D eigenvalue weighted by molar-refractivity contribution is 5.25. The van der Waals surface area contributed by atoms with Gasteiger partial charge in [0.25, 0.3) is 0 Å². The number of likely N-dealkylation sites (N-methyl/N-ethyl adjacent to an activating group) is 1. The van der Waals surface area contributed by atoms with E-state index >= 15 is 0 Å². The van der Waals surface area contributed by atoms with E-state index in [0.29, 0.717) is 0 Å². The molecule has 0 aliphatic heterocycles. The molecule has 3 heteroatoms. The Morgan fingerprint density at radius 1 is 1.10 bits per heavy atom. The fourth-order valence-corrected chi connectivity index (χ4v) is 2.30. The van der Waals surface area contributed by atoms with E-state index in [-0.39, 0.29) is 12.1 Å². The second kappa shape index (κ2) is 9.92. The van der Waals surface area contributed by atoms with E-state index in [4.69, 9.17) is 9.47 Å². The monoisotopic (exact) mass is 279 g/mol.